The van der Waals surface area contributed by atoms with Gasteiger partial charge in [-0.15, -0.1) is 0 Å². The number of nitrogens with one attached hydrogen (secondary N) is 3. The van der Waals surface area contributed by atoms with E-state index in [1.54, 1.807) is 19.2 Å². The monoisotopic (exact) mass is 345 g/mol. The van der Waals surface area contributed by atoms with Crippen molar-refractivity contribution in [1.29, 1.82) is 0 Å². The first kappa shape index (κ1) is 14.0. The van der Waals surface area contributed by atoms with Gasteiger partial charge in [0.15, 0.2) is 10.8 Å². The summed E-state index contributed by atoms with van der Waals surface area (Å²) in [6.07, 6.45) is 2.97. The number of hydrogen-bond donors (Lipinski definition) is 3. The second-order valence-corrected chi connectivity index (χ2v) is 6.17. The van der Waals surface area contributed by atoms with Crippen LogP contribution in [0.5, 0.6) is 0 Å². The molecule has 3 N–H and O–H groups in total. The standard InChI is InChI=1S/C10H12BrN5O2S/c1-12-5-7-6-14-15-10(7)19(17,18)16-9-8(11)3-2-4-13-9/h2-4,6,12H,5H2,1H3,(H,13,16)(H,14,15). The number of H-pyrrole nitrogens is 1. The number of sulfonamides is 1. The van der Waals surface area contributed by atoms with Crippen molar-refractivity contribution in [3.05, 3.63) is 34.6 Å². The molecule has 2 rings (SSSR count). The maximum absolute atomic E-state index is 12.2. The van der Waals surface area contributed by atoms with E-state index < -0.39 is 10.0 Å². The lowest BCUT2D eigenvalue weighted by Gasteiger charge is -2.08. The highest BCUT2D eigenvalue weighted by atomic mass is 79.9. The molecule has 2 aromatic heterocycles. The molecule has 0 spiro atoms. The van der Waals surface area contributed by atoms with Gasteiger partial charge in [0.1, 0.15) is 0 Å². The molecular weight excluding hydrogens is 334 g/mol. The number of pyridine rings is 1. The van der Waals surface area contributed by atoms with Gasteiger partial charge in [-0.3, -0.25) is 9.82 Å². The lowest BCUT2D eigenvalue weighted by molar-refractivity contribution is 0.594. The van der Waals surface area contributed by atoms with Crippen molar-refractivity contribution >= 4 is 31.8 Å². The van der Waals surface area contributed by atoms with Crippen LogP contribution in [0.1, 0.15) is 5.56 Å². The summed E-state index contributed by atoms with van der Waals surface area (Å²) in [5.41, 5.74) is 0.557. The SMILES string of the molecule is CNCc1cn[nH]c1S(=O)(=O)Nc1ncccc1Br. The quantitative estimate of drug-likeness (QED) is 0.753. The fourth-order valence-corrected chi connectivity index (χ4v) is 3.13. The molecule has 0 aliphatic rings. The van der Waals surface area contributed by atoms with E-state index in [1.165, 1.54) is 12.4 Å². The molecular formula is C10H12BrN5O2S. The largest absolute Gasteiger partial charge is 0.316 e. The summed E-state index contributed by atoms with van der Waals surface area (Å²) in [6.45, 7) is 0.399. The van der Waals surface area contributed by atoms with E-state index in [0.717, 1.165) is 0 Å². The van der Waals surface area contributed by atoms with Crippen molar-refractivity contribution in [3.63, 3.8) is 0 Å². The van der Waals surface area contributed by atoms with Gasteiger partial charge in [-0.05, 0) is 35.1 Å². The van der Waals surface area contributed by atoms with Crippen molar-refractivity contribution in [2.75, 3.05) is 11.8 Å². The summed E-state index contributed by atoms with van der Waals surface area (Å²) >= 11 is 3.23. The number of rotatable bonds is 5. The van der Waals surface area contributed by atoms with Crippen molar-refractivity contribution in [2.24, 2.45) is 0 Å². The zero-order valence-corrected chi connectivity index (χ0v) is 12.4. The van der Waals surface area contributed by atoms with E-state index >= 15 is 0 Å². The van der Waals surface area contributed by atoms with Crippen LogP contribution in [0.3, 0.4) is 0 Å². The second-order valence-electron chi connectivity index (χ2n) is 3.69. The molecule has 0 unspecified atom stereocenters. The third-order valence-electron chi connectivity index (χ3n) is 2.30. The molecule has 9 heteroatoms. The van der Waals surface area contributed by atoms with E-state index in [1.807, 2.05) is 0 Å². The number of hydrogen-bond acceptors (Lipinski definition) is 5. The first-order valence-electron chi connectivity index (χ1n) is 5.35. The molecule has 2 heterocycles. The Kier molecular flexibility index (Phi) is 4.17. The minimum atomic E-state index is -3.75. The average molecular weight is 346 g/mol. The Morgan fingerprint density at radius 3 is 2.95 bits per heavy atom. The molecule has 0 saturated heterocycles. The van der Waals surface area contributed by atoms with E-state index in [9.17, 15) is 8.42 Å². The molecule has 0 fully saturated rings. The smallest absolute Gasteiger partial charge is 0.280 e. The molecule has 19 heavy (non-hydrogen) atoms. The van der Waals surface area contributed by atoms with Crippen LogP contribution < -0.4 is 10.0 Å². The minimum absolute atomic E-state index is 0.0272. The predicted octanol–water partition coefficient (Wildman–Crippen LogP) is 1.09. The number of anilines is 1. The van der Waals surface area contributed by atoms with Crippen LogP contribution in [0.25, 0.3) is 0 Å². The van der Waals surface area contributed by atoms with Gasteiger partial charge < -0.3 is 5.32 Å². The number of aromatic amines is 1. The Balaban J connectivity index is 2.33. The number of aromatic nitrogens is 3. The van der Waals surface area contributed by atoms with E-state index in [0.29, 0.717) is 16.6 Å². The third-order valence-corrected chi connectivity index (χ3v) is 4.30. The van der Waals surface area contributed by atoms with Crippen molar-refractivity contribution < 1.29 is 8.42 Å². The molecule has 0 atom stereocenters. The van der Waals surface area contributed by atoms with Crippen LogP contribution in [-0.2, 0) is 16.6 Å². The van der Waals surface area contributed by atoms with Crippen LogP contribution in [0.2, 0.25) is 0 Å². The summed E-state index contributed by atoms with van der Waals surface area (Å²) in [7, 11) is -2.02. The van der Waals surface area contributed by atoms with E-state index in [4.69, 9.17) is 0 Å². The summed E-state index contributed by atoms with van der Waals surface area (Å²) in [5, 5.41) is 9.15. The van der Waals surface area contributed by atoms with E-state index in [2.05, 4.69) is 41.2 Å². The first-order valence-corrected chi connectivity index (χ1v) is 7.62. The van der Waals surface area contributed by atoms with Gasteiger partial charge in [-0.25, -0.2) is 4.98 Å². The maximum Gasteiger partial charge on any atom is 0.280 e. The Morgan fingerprint density at radius 1 is 1.47 bits per heavy atom. The van der Waals surface area contributed by atoms with Gasteiger partial charge in [0, 0.05) is 18.3 Å². The Morgan fingerprint density at radius 2 is 2.26 bits per heavy atom. The summed E-state index contributed by atoms with van der Waals surface area (Å²) in [5.74, 6) is 0.229. The molecule has 0 radical (unpaired) electrons. The van der Waals surface area contributed by atoms with Gasteiger partial charge in [-0.2, -0.15) is 13.5 Å². The zero-order chi connectivity index (χ0) is 13.9. The van der Waals surface area contributed by atoms with Crippen LogP contribution in [0.4, 0.5) is 5.82 Å². The van der Waals surface area contributed by atoms with Gasteiger partial charge in [0.25, 0.3) is 10.0 Å². The minimum Gasteiger partial charge on any atom is -0.316 e. The highest BCUT2D eigenvalue weighted by Crippen LogP contribution is 2.22. The fourth-order valence-electron chi connectivity index (χ4n) is 1.49. The molecule has 0 aliphatic heterocycles. The zero-order valence-electron chi connectivity index (χ0n) is 10.0. The molecule has 0 aliphatic carbocycles. The Bertz CT molecular complexity index is 670. The second kappa shape index (κ2) is 5.68. The summed E-state index contributed by atoms with van der Waals surface area (Å²) < 4.78 is 27.4. The van der Waals surface area contributed by atoms with Crippen LogP contribution in [0, 0.1) is 0 Å². The maximum atomic E-state index is 12.2. The normalized spacial score (nSPS) is 11.5. The molecule has 0 amide bonds. The van der Waals surface area contributed by atoms with Gasteiger partial charge in [0.05, 0.1) is 10.7 Å². The van der Waals surface area contributed by atoms with Crippen molar-refractivity contribution in [2.45, 2.75) is 11.6 Å². The fraction of sp³-hybridized carbons (Fsp3) is 0.200. The Hall–Kier alpha value is -1.45. The number of nitrogens with zero attached hydrogens (tertiary/aromatic N) is 2. The summed E-state index contributed by atoms with van der Waals surface area (Å²) in [4.78, 5) is 3.96. The first-order chi connectivity index (χ1) is 9.04. The molecule has 7 nitrogen and oxygen atoms in total. The van der Waals surface area contributed by atoms with Gasteiger partial charge in [-0.1, -0.05) is 0 Å². The Labute approximate surface area is 119 Å². The predicted molar refractivity (Wildman–Crippen MR) is 74.1 cm³/mol. The van der Waals surface area contributed by atoms with Crippen molar-refractivity contribution in [1.82, 2.24) is 20.5 Å². The summed E-state index contributed by atoms with van der Waals surface area (Å²) in [6, 6.07) is 3.40. The molecule has 2 aromatic rings. The molecule has 0 bridgehead atoms. The highest BCUT2D eigenvalue weighted by molar-refractivity contribution is 9.10. The number of halogens is 1. The average Bonchev–Trinajstić information content (AvgIpc) is 2.81. The molecule has 0 saturated carbocycles. The van der Waals surface area contributed by atoms with Crippen LogP contribution in [-0.4, -0.2) is 30.6 Å². The van der Waals surface area contributed by atoms with Crippen molar-refractivity contribution in [3.8, 4) is 0 Å². The topological polar surface area (TPSA) is 99.8 Å². The van der Waals surface area contributed by atoms with E-state index in [-0.39, 0.29) is 10.8 Å². The highest BCUT2D eigenvalue weighted by Gasteiger charge is 2.21. The lowest BCUT2D eigenvalue weighted by atomic mass is 10.4. The van der Waals surface area contributed by atoms with Gasteiger partial charge >= 0.3 is 0 Å². The lowest BCUT2D eigenvalue weighted by Crippen LogP contribution is -2.18. The van der Waals surface area contributed by atoms with Crippen LogP contribution >= 0.6 is 15.9 Å². The van der Waals surface area contributed by atoms with Gasteiger partial charge in [0.2, 0.25) is 0 Å². The van der Waals surface area contributed by atoms with Crippen LogP contribution in [0.15, 0.2) is 34.0 Å². The third kappa shape index (κ3) is 3.11. The molecule has 102 valence electrons. The molecule has 0 aromatic carbocycles.